The van der Waals surface area contributed by atoms with Gasteiger partial charge in [-0.1, -0.05) is 49.4 Å². The van der Waals surface area contributed by atoms with Gasteiger partial charge < -0.3 is 4.79 Å². The Morgan fingerprint density at radius 2 is 1.95 bits per heavy atom. The molecule has 2 rings (SSSR count). The van der Waals surface area contributed by atoms with Crippen molar-refractivity contribution in [2.45, 2.75) is 18.2 Å². The first kappa shape index (κ1) is 14.7. The number of hydrogen-bond donors (Lipinski definition) is 0. The molecule has 1 aromatic carbocycles. The summed E-state index contributed by atoms with van der Waals surface area (Å²) in [6.45, 7) is 1.92. The van der Waals surface area contributed by atoms with E-state index in [0.29, 0.717) is 6.42 Å². The Labute approximate surface area is 119 Å². The molecular weight excluding hydrogens is 272 g/mol. The van der Waals surface area contributed by atoms with E-state index in [2.05, 4.69) is 0 Å². The zero-order chi connectivity index (χ0) is 14.6. The average molecular weight is 290 g/mol. The normalized spacial score (nSPS) is 23.4. The van der Waals surface area contributed by atoms with E-state index in [4.69, 9.17) is 0 Å². The topological polar surface area (TPSA) is 51.2 Å². The van der Waals surface area contributed by atoms with Gasteiger partial charge in [0, 0.05) is 5.92 Å². The molecule has 0 bridgehead atoms. The first-order chi connectivity index (χ1) is 9.48. The summed E-state index contributed by atoms with van der Waals surface area (Å²) in [6.07, 6.45) is 9.11. The second-order valence-corrected chi connectivity index (χ2v) is 7.37. The summed E-state index contributed by atoms with van der Waals surface area (Å²) in [4.78, 5) is 11.7. The molecule has 1 aliphatic rings. The van der Waals surface area contributed by atoms with Crippen molar-refractivity contribution in [2.75, 3.05) is 5.75 Å². The molecule has 0 N–H and O–H groups in total. The second kappa shape index (κ2) is 5.75. The third-order valence-corrected chi connectivity index (χ3v) is 5.58. The van der Waals surface area contributed by atoms with Crippen molar-refractivity contribution in [1.82, 2.24) is 0 Å². The quantitative estimate of drug-likeness (QED) is 0.784. The van der Waals surface area contributed by atoms with Crippen LogP contribution < -0.4 is 0 Å². The van der Waals surface area contributed by atoms with E-state index in [1.165, 1.54) is 0 Å². The van der Waals surface area contributed by atoms with Crippen molar-refractivity contribution in [3.8, 4) is 0 Å². The van der Waals surface area contributed by atoms with Gasteiger partial charge in [-0.2, -0.15) is 0 Å². The van der Waals surface area contributed by atoms with Crippen LogP contribution in [0.4, 0.5) is 0 Å². The Kier molecular flexibility index (Phi) is 4.23. The molecule has 0 aromatic heterocycles. The van der Waals surface area contributed by atoms with E-state index in [-0.39, 0.29) is 10.6 Å². The smallest absolute Gasteiger partial charge is 0.179 e. The molecular formula is C16H18O3S. The van der Waals surface area contributed by atoms with Crippen molar-refractivity contribution in [2.24, 2.45) is 11.3 Å². The van der Waals surface area contributed by atoms with Crippen LogP contribution in [0.3, 0.4) is 0 Å². The summed E-state index contributed by atoms with van der Waals surface area (Å²) in [5, 5.41) is 0. The highest BCUT2D eigenvalue weighted by molar-refractivity contribution is 7.91. The van der Waals surface area contributed by atoms with E-state index < -0.39 is 21.2 Å². The largest absolute Gasteiger partial charge is 0.303 e. The summed E-state index contributed by atoms with van der Waals surface area (Å²) >= 11 is 0. The van der Waals surface area contributed by atoms with E-state index in [0.717, 1.165) is 6.29 Å². The second-order valence-electron chi connectivity index (χ2n) is 5.33. The maximum absolute atomic E-state index is 12.4. The molecule has 1 aromatic rings. The number of carbonyl (C=O) groups is 1. The van der Waals surface area contributed by atoms with Crippen LogP contribution in [0.15, 0.2) is 59.5 Å². The number of sulfone groups is 1. The van der Waals surface area contributed by atoms with Gasteiger partial charge in [0.1, 0.15) is 6.29 Å². The molecule has 0 heterocycles. The highest BCUT2D eigenvalue weighted by atomic mass is 32.2. The molecule has 4 heteroatoms. The number of allylic oxidation sites excluding steroid dienone is 4. The zero-order valence-electron chi connectivity index (χ0n) is 11.4. The number of benzene rings is 1. The lowest BCUT2D eigenvalue weighted by Crippen LogP contribution is -2.33. The van der Waals surface area contributed by atoms with Gasteiger partial charge in [0.05, 0.1) is 10.6 Å². The Hall–Kier alpha value is -1.68. The summed E-state index contributed by atoms with van der Waals surface area (Å²) in [5.74, 6) is -0.705. The monoisotopic (exact) mass is 290 g/mol. The number of carbonyl (C=O) groups excluding carboxylic acids is 1. The van der Waals surface area contributed by atoms with Crippen molar-refractivity contribution >= 4 is 16.1 Å². The van der Waals surface area contributed by atoms with E-state index in [1.807, 2.05) is 31.2 Å². The van der Waals surface area contributed by atoms with E-state index in [9.17, 15) is 13.2 Å². The SMILES string of the molecule is CC1(C(C=O)CS(=O)(=O)c2ccccc2)C=CC=CC1. The van der Waals surface area contributed by atoms with Crippen molar-refractivity contribution < 1.29 is 13.2 Å². The molecule has 0 fully saturated rings. The molecule has 0 radical (unpaired) electrons. The lowest BCUT2D eigenvalue weighted by molar-refractivity contribution is -0.112. The van der Waals surface area contributed by atoms with Crippen LogP contribution in [0.25, 0.3) is 0 Å². The minimum atomic E-state index is -3.45. The summed E-state index contributed by atoms with van der Waals surface area (Å²) < 4.78 is 24.8. The maximum atomic E-state index is 12.4. The summed E-state index contributed by atoms with van der Waals surface area (Å²) in [5.41, 5.74) is -0.432. The highest BCUT2D eigenvalue weighted by Gasteiger charge is 2.35. The van der Waals surface area contributed by atoms with Crippen molar-refractivity contribution in [3.63, 3.8) is 0 Å². The predicted octanol–water partition coefficient (Wildman–Crippen LogP) is 2.80. The predicted molar refractivity (Wildman–Crippen MR) is 79.1 cm³/mol. The van der Waals surface area contributed by atoms with E-state index in [1.54, 1.807) is 30.3 Å². The van der Waals surface area contributed by atoms with Crippen LogP contribution in [0.2, 0.25) is 0 Å². The standard InChI is InChI=1S/C16H18O3S/c1-16(10-6-3-7-11-16)14(12-17)13-20(18,19)15-8-4-2-5-9-15/h2-10,12,14H,11,13H2,1H3. The molecule has 3 nitrogen and oxygen atoms in total. The number of rotatable bonds is 5. The Morgan fingerprint density at radius 3 is 2.50 bits per heavy atom. The molecule has 106 valence electrons. The van der Waals surface area contributed by atoms with Gasteiger partial charge in [0.15, 0.2) is 9.84 Å². The fourth-order valence-corrected chi connectivity index (χ4v) is 4.06. The van der Waals surface area contributed by atoms with Crippen LogP contribution in [-0.2, 0) is 14.6 Å². The van der Waals surface area contributed by atoms with E-state index >= 15 is 0 Å². The van der Waals surface area contributed by atoms with Crippen LogP contribution in [-0.4, -0.2) is 20.5 Å². The lowest BCUT2D eigenvalue weighted by atomic mass is 9.74. The number of hydrogen-bond acceptors (Lipinski definition) is 3. The third kappa shape index (κ3) is 3.07. The maximum Gasteiger partial charge on any atom is 0.179 e. The fourth-order valence-electron chi connectivity index (χ4n) is 2.36. The van der Waals surface area contributed by atoms with Crippen molar-refractivity contribution in [3.05, 3.63) is 54.6 Å². The third-order valence-electron chi connectivity index (χ3n) is 3.79. The lowest BCUT2D eigenvalue weighted by Gasteiger charge is -2.32. The van der Waals surface area contributed by atoms with Gasteiger partial charge in [-0.05, 0) is 24.0 Å². The molecule has 2 atom stereocenters. The molecule has 2 unspecified atom stereocenters. The highest BCUT2D eigenvalue weighted by Crippen LogP contribution is 2.36. The van der Waals surface area contributed by atoms with Crippen molar-refractivity contribution in [1.29, 1.82) is 0 Å². The van der Waals surface area contributed by atoms with Crippen LogP contribution in [0, 0.1) is 11.3 Å². The number of aldehydes is 1. The fraction of sp³-hybridized carbons (Fsp3) is 0.312. The minimum absolute atomic E-state index is 0.158. The van der Waals surface area contributed by atoms with Crippen LogP contribution in [0.5, 0.6) is 0 Å². The minimum Gasteiger partial charge on any atom is -0.303 e. The molecule has 0 saturated carbocycles. The molecule has 0 amide bonds. The first-order valence-corrected chi connectivity index (χ1v) is 8.21. The molecule has 20 heavy (non-hydrogen) atoms. The Morgan fingerprint density at radius 1 is 1.25 bits per heavy atom. The Balaban J connectivity index is 2.25. The first-order valence-electron chi connectivity index (χ1n) is 6.55. The summed E-state index contributed by atoms with van der Waals surface area (Å²) in [7, 11) is -3.45. The average Bonchev–Trinajstić information content (AvgIpc) is 2.46. The molecule has 0 spiro atoms. The van der Waals surface area contributed by atoms with Gasteiger partial charge >= 0.3 is 0 Å². The van der Waals surface area contributed by atoms with Gasteiger partial charge in [0.2, 0.25) is 0 Å². The van der Waals surface area contributed by atoms with Gasteiger partial charge in [-0.25, -0.2) is 8.42 Å². The molecule has 0 aliphatic heterocycles. The summed E-state index contributed by atoms with van der Waals surface area (Å²) in [6, 6.07) is 8.28. The molecule has 1 aliphatic carbocycles. The van der Waals surface area contributed by atoms with Gasteiger partial charge in [-0.15, -0.1) is 0 Å². The Bertz CT molecular complexity index is 629. The molecule has 0 saturated heterocycles. The van der Waals surface area contributed by atoms with Crippen LogP contribution >= 0.6 is 0 Å². The zero-order valence-corrected chi connectivity index (χ0v) is 12.2. The van der Waals surface area contributed by atoms with Gasteiger partial charge in [-0.3, -0.25) is 0 Å². The van der Waals surface area contributed by atoms with Gasteiger partial charge in [0.25, 0.3) is 0 Å². The van der Waals surface area contributed by atoms with Crippen LogP contribution in [0.1, 0.15) is 13.3 Å².